The smallest absolute Gasteiger partial charge is 0.0462 e. The Morgan fingerprint density at radius 2 is 0.979 bits per heavy atom. The van der Waals surface area contributed by atoms with Crippen LogP contribution in [0.1, 0.15) is 6.92 Å². The van der Waals surface area contributed by atoms with E-state index in [0.717, 1.165) is 17.1 Å². The molecule has 5 heteroatoms. The number of hydrogen-bond donors (Lipinski definition) is 0. The van der Waals surface area contributed by atoms with Crippen LogP contribution in [-0.4, -0.2) is 0 Å². The zero-order valence-electron chi connectivity index (χ0n) is 26.3. The molecular formula is C43H31NS4. The predicted molar refractivity (Wildman–Crippen MR) is 210 cm³/mol. The molecule has 0 aromatic heterocycles. The first kappa shape index (κ1) is 31.0. The van der Waals surface area contributed by atoms with Gasteiger partial charge in [-0.2, -0.15) is 0 Å². The first-order valence-corrected chi connectivity index (χ1v) is 19.1. The lowest BCUT2D eigenvalue weighted by molar-refractivity contribution is 1.16. The van der Waals surface area contributed by atoms with Gasteiger partial charge in [-0.25, -0.2) is 0 Å². The average Bonchev–Trinajstić information content (AvgIpc) is 3.14. The number of thioether (sulfide) groups is 2. The van der Waals surface area contributed by atoms with Gasteiger partial charge in [0.2, 0.25) is 0 Å². The van der Waals surface area contributed by atoms with Gasteiger partial charge >= 0.3 is 0 Å². The molecule has 2 aliphatic rings. The topological polar surface area (TPSA) is 3.24 Å². The van der Waals surface area contributed by atoms with Crippen LogP contribution in [0.2, 0.25) is 0 Å². The van der Waals surface area contributed by atoms with Crippen molar-refractivity contribution in [1.82, 2.24) is 0 Å². The molecule has 0 unspecified atom stereocenters. The van der Waals surface area contributed by atoms with Crippen LogP contribution >= 0.6 is 47.0 Å². The zero-order chi connectivity index (χ0) is 32.5. The van der Waals surface area contributed by atoms with Crippen LogP contribution in [0.15, 0.2) is 204 Å². The van der Waals surface area contributed by atoms with Gasteiger partial charge in [-0.15, -0.1) is 0 Å². The molecule has 2 heterocycles. The summed E-state index contributed by atoms with van der Waals surface area (Å²) in [5.74, 6) is 0. The maximum Gasteiger partial charge on any atom is 0.0462 e. The number of rotatable bonds is 7. The highest BCUT2D eigenvalue weighted by Crippen LogP contribution is 2.53. The molecule has 0 bridgehead atoms. The quantitative estimate of drug-likeness (QED) is 0.153. The fourth-order valence-corrected chi connectivity index (χ4v) is 10.7. The highest BCUT2D eigenvalue weighted by molar-refractivity contribution is 8.09. The fraction of sp³-hybridized carbons (Fsp3) is 0.0233. The van der Waals surface area contributed by atoms with Crippen molar-refractivity contribution in [2.45, 2.75) is 36.3 Å². The van der Waals surface area contributed by atoms with Crippen molar-refractivity contribution < 1.29 is 0 Å². The van der Waals surface area contributed by atoms with Crippen LogP contribution in [0, 0.1) is 0 Å². The van der Waals surface area contributed by atoms with E-state index in [9.17, 15) is 0 Å². The summed E-state index contributed by atoms with van der Waals surface area (Å²) in [6, 6.07) is 50.6. The Morgan fingerprint density at radius 3 is 1.58 bits per heavy atom. The van der Waals surface area contributed by atoms with Gasteiger partial charge in [-0.3, -0.25) is 0 Å². The predicted octanol–water partition coefficient (Wildman–Crippen LogP) is 14.3. The Balaban J connectivity index is 1.12. The van der Waals surface area contributed by atoms with Gasteiger partial charge in [0.15, 0.2) is 0 Å². The molecule has 0 saturated heterocycles. The summed E-state index contributed by atoms with van der Waals surface area (Å²) >= 11 is 7.43. The molecule has 0 saturated carbocycles. The maximum absolute atomic E-state index is 3.86. The van der Waals surface area contributed by atoms with Crippen LogP contribution in [0.25, 0.3) is 22.3 Å². The second-order valence-corrected chi connectivity index (χ2v) is 15.8. The molecule has 0 fully saturated rings. The first-order valence-electron chi connectivity index (χ1n) is 15.8. The van der Waals surface area contributed by atoms with Gasteiger partial charge in [0, 0.05) is 56.2 Å². The number of fused-ring (bicyclic) bond motifs is 3. The monoisotopic (exact) mass is 689 g/mol. The standard InChI is InChI=1S/C43H31NS4/c1-3-4-16-37-29(2)45-40-19-10-14-35(42(40)47-37)30-21-25-33(26-22-30)44(32-12-6-5-7-13-32)34-27-23-31(24-28-34)36-15-11-20-41-43(36)48-39-18-9-8-17-38(39)46-41/h3-28H,1H2,2H3/b16-4-. The van der Waals surface area contributed by atoms with Crippen LogP contribution in [0.3, 0.4) is 0 Å². The van der Waals surface area contributed by atoms with Gasteiger partial charge in [0.25, 0.3) is 0 Å². The Morgan fingerprint density at radius 1 is 0.479 bits per heavy atom. The minimum absolute atomic E-state index is 1.12. The summed E-state index contributed by atoms with van der Waals surface area (Å²) in [6.07, 6.45) is 6.02. The zero-order valence-corrected chi connectivity index (χ0v) is 29.6. The van der Waals surface area contributed by atoms with Crippen molar-refractivity contribution in [1.29, 1.82) is 0 Å². The molecule has 8 rings (SSSR count). The number of hydrogen-bond acceptors (Lipinski definition) is 5. The summed E-state index contributed by atoms with van der Waals surface area (Å²) in [5, 5.41) is 0. The molecule has 6 aromatic rings. The largest absolute Gasteiger partial charge is 0.311 e. The van der Waals surface area contributed by atoms with Gasteiger partial charge < -0.3 is 4.90 Å². The Kier molecular flexibility index (Phi) is 8.85. The minimum Gasteiger partial charge on any atom is -0.311 e. The number of anilines is 3. The van der Waals surface area contributed by atoms with Crippen molar-refractivity contribution in [3.63, 3.8) is 0 Å². The van der Waals surface area contributed by atoms with E-state index >= 15 is 0 Å². The van der Waals surface area contributed by atoms with Gasteiger partial charge in [-0.05, 0) is 95.9 Å². The molecule has 0 N–H and O–H groups in total. The van der Waals surface area contributed by atoms with E-state index < -0.39 is 0 Å². The fourth-order valence-electron chi connectivity index (χ4n) is 6.01. The van der Waals surface area contributed by atoms with E-state index in [1.807, 2.05) is 59.2 Å². The van der Waals surface area contributed by atoms with Gasteiger partial charge in [-0.1, -0.05) is 145 Å². The van der Waals surface area contributed by atoms with Gasteiger partial charge in [0.05, 0.1) is 0 Å². The SMILES string of the molecule is C=C/C=C\C1=C(C)Sc2cccc(-c3ccc(N(c4ccccc4)c4ccc(-c5cccc6c5Sc5ccccc5S6)cc4)cc3)c2S1. The molecular weight excluding hydrogens is 659 g/mol. The van der Waals surface area contributed by atoms with Gasteiger partial charge in [0.1, 0.15) is 0 Å². The highest BCUT2D eigenvalue weighted by atomic mass is 32.2. The summed E-state index contributed by atoms with van der Waals surface area (Å²) in [7, 11) is 0. The first-order chi connectivity index (χ1) is 23.7. The Hall–Kier alpha value is -4.26. The molecule has 0 atom stereocenters. The van der Waals surface area contributed by atoms with Crippen molar-refractivity contribution >= 4 is 64.1 Å². The van der Waals surface area contributed by atoms with Crippen molar-refractivity contribution in [3.05, 3.63) is 174 Å². The molecule has 0 aliphatic carbocycles. The summed E-state index contributed by atoms with van der Waals surface area (Å²) in [4.78, 5) is 12.8. The van der Waals surface area contributed by atoms with Crippen LogP contribution in [0.5, 0.6) is 0 Å². The summed E-state index contributed by atoms with van der Waals surface area (Å²) in [6.45, 7) is 6.05. The van der Waals surface area contributed by atoms with E-state index in [-0.39, 0.29) is 0 Å². The second-order valence-electron chi connectivity index (χ2n) is 11.4. The van der Waals surface area contributed by atoms with E-state index in [1.54, 1.807) is 0 Å². The van der Waals surface area contributed by atoms with Crippen molar-refractivity contribution in [2.75, 3.05) is 4.90 Å². The lowest BCUT2D eigenvalue weighted by Crippen LogP contribution is -2.09. The lowest BCUT2D eigenvalue weighted by atomic mass is 10.0. The third-order valence-electron chi connectivity index (χ3n) is 8.33. The number of para-hydroxylation sites is 1. The maximum atomic E-state index is 3.86. The molecule has 0 radical (unpaired) electrons. The number of allylic oxidation sites excluding steroid dienone is 4. The highest BCUT2D eigenvalue weighted by Gasteiger charge is 2.22. The van der Waals surface area contributed by atoms with Crippen molar-refractivity contribution in [2.24, 2.45) is 0 Å². The average molecular weight is 690 g/mol. The normalized spacial score (nSPS) is 13.5. The van der Waals surface area contributed by atoms with E-state index in [4.69, 9.17) is 0 Å². The molecule has 0 spiro atoms. The Labute approximate surface area is 299 Å². The second kappa shape index (κ2) is 13.7. The number of benzene rings is 6. The molecule has 48 heavy (non-hydrogen) atoms. The Bertz CT molecular complexity index is 2200. The third kappa shape index (κ3) is 6.08. The molecule has 1 nitrogen and oxygen atoms in total. The summed E-state index contributed by atoms with van der Waals surface area (Å²) in [5.41, 5.74) is 8.34. The lowest BCUT2D eigenvalue weighted by Gasteiger charge is -2.26. The minimum atomic E-state index is 1.12. The van der Waals surface area contributed by atoms with Crippen molar-refractivity contribution in [3.8, 4) is 22.3 Å². The van der Waals surface area contributed by atoms with E-state index in [1.165, 1.54) is 61.4 Å². The van der Waals surface area contributed by atoms with E-state index in [0.29, 0.717) is 0 Å². The van der Waals surface area contributed by atoms with Crippen LogP contribution < -0.4 is 4.90 Å². The van der Waals surface area contributed by atoms with Crippen LogP contribution in [0.4, 0.5) is 17.1 Å². The summed E-state index contributed by atoms with van der Waals surface area (Å²) < 4.78 is 0. The van der Waals surface area contributed by atoms with E-state index in [2.05, 4.69) is 164 Å². The van der Waals surface area contributed by atoms with Crippen LogP contribution in [-0.2, 0) is 0 Å². The molecule has 6 aromatic carbocycles. The number of nitrogens with zero attached hydrogens (tertiary/aromatic N) is 1. The third-order valence-corrected chi connectivity index (χ3v) is 13.6. The molecule has 232 valence electrons. The molecule has 0 amide bonds. The molecule has 2 aliphatic heterocycles.